The predicted octanol–water partition coefficient (Wildman–Crippen LogP) is 3.17. The van der Waals surface area contributed by atoms with Gasteiger partial charge in [0.25, 0.3) is 0 Å². The minimum absolute atomic E-state index is 0.521. The molecule has 2 N–H and O–H groups in total. The van der Waals surface area contributed by atoms with E-state index in [2.05, 4.69) is 21.9 Å². The van der Waals surface area contributed by atoms with Crippen LogP contribution in [-0.4, -0.2) is 43.7 Å². The molecule has 22 heavy (non-hydrogen) atoms. The molecule has 1 aromatic carbocycles. The predicted molar refractivity (Wildman–Crippen MR) is 96.4 cm³/mol. The van der Waals surface area contributed by atoms with Gasteiger partial charge < -0.3 is 15.4 Å². The van der Waals surface area contributed by atoms with Gasteiger partial charge in [0, 0.05) is 18.3 Å². The summed E-state index contributed by atoms with van der Waals surface area (Å²) in [4.78, 5) is 4.27. The average molecular weight is 342 g/mol. The second kappa shape index (κ2) is 9.16. The van der Waals surface area contributed by atoms with E-state index in [-0.39, 0.29) is 0 Å². The van der Waals surface area contributed by atoms with Crippen molar-refractivity contribution in [1.29, 1.82) is 0 Å². The molecule has 2 unspecified atom stereocenters. The van der Waals surface area contributed by atoms with Crippen molar-refractivity contribution in [1.82, 2.24) is 10.6 Å². The minimum atomic E-state index is 0.521. The van der Waals surface area contributed by atoms with Crippen LogP contribution in [0.4, 0.5) is 0 Å². The Labute approximate surface area is 142 Å². The summed E-state index contributed by atoms with van der Waals surface area (Å²) in [5, 5.41) is 8.18. The van der Waals surface area contributed by atoms with Gasteiger partial charge in [0.2, 0.25) is 0 Å². The number of hydrogen-bond donors (Lipinski definition) is 2. The number of nitrogens with zero attached hydrogens (tertiary/aromatic N) is 1. The fourth-order valence-corrected chi connectivity index (χ4v) is 3.55. The molecule has 2 rings (SSSR count). The van der Waals surface area contributed by atoms with E-state index in [1.807, 2.05) is 36.0 Å². The standard InChI is InChI=1S/C16H24ClN3OS/c1-18-16(20-12-7-8-13(11-12)22-2)19-9-10-21-15-6-4-3-5-14(15)17/h3-6,12-13H,7-11H2,1-2H3,(H2,18,19,20). The number of ether oxygens (including phenoxy) is 1. The molecule has 1 aliphatic carbocycles. The van der Waals surface area contributed by atoms with Crippen LogP contribution in [-0.2, 0) is 0 Å². The SMILES string of the molecule is CN=C(NCCOc1ccccc1Cl)NC1CCC(SC)C1. The molecule has 1 aliphatic rings. The van der Waals surface area contributed by atoms with E-state index in [1.165, 1.54) is 19.3 Å². The summed E-state index contributed by atoms with van der Waals surface area (Å²) < 4.78 is 5.66. The highest BCUT2D eigenvalue weighted by Gasteiger charge is 2.24. The molecule has 1 fully saturated rings. The van der Waals surface area contributed by atoms with Gasteiger partial charge in [0.05, 0.1) is 11.6 Å². The van der Waals surface area contributed by atoms with Gasteiger partial charge >= 0.3 is 0 Å². The second-order valence-electron chi connectivity index (χ2n) is 5.29. The van der Waals surface area contributed by atoms with Crippen molar-refractivity contribution in [3.63, 3.8) is 0 Å². The molecule has 6 heteroatoms. The van der Waals surface area contributed by atoms with Gasteiger partial charge in [-0.25, -0.2) is 0 Å². The fourth-order valence-electron chi connectivity index (χ4n) is 2.57. The van der Waals surface area contributed by atoms with Gasteiger partial charge in [-0.3, -0.25) is 4.99 Å². The molecule has 0 aromatic heterocycles. The lowest BCUT2D eigenvalue weighted by Crippen LogP contribution is -2.43. The molecular weight excluding hydrogens is 318 g/mol. The summed E-state index contributed by atoms with van der Waals surface area (Å²) in [5.41, 5.74) is 0. The number of benzene rings is 1. The summed E-state index contributed by atoms with van der Waals surface area (Å²) in [6.07, 6.45) is 5.89. The Hall–Kier alpha value is -1.07. The van der Waals surface area contributed by atoms with Crippen LogP contribution in [0.5, 0.6) is 5.75 Å². The minimum Gasteiger partial charge on any atom is -0.490 e. The van der Waals surface area contributed by atoms with Crippen molar-refractivity contribution in [2.24, 2.45) is 4.99 Å². The second-order valence-corrected chi connectivity index (χ2v) is 6.84. The Morgan fingerprint density at radius 3 is 2.91 bits per heavy atom. The number of halogens is 1. The monoisotopic (exact) mass is 341 g/mol. The lowest BCUT2D eigenvalue weighted by atomic mass is 10.2. The molecule has 122 valence electrons. The quantitative estimate of drug-likeness (QED) is 0.474. The molecular formula is C16H24ClN3OS. The molecule has 0 amide bonds. The average Bonchev–Trinajstić information content (AvgIpc) is 2.99. The van der Waals surface area contributed by atoms with Gasteiger partial charge in [-0.05, 0) is 37.7 Å². The molecule has 0 spiro atoms. The number of guanidine groups is 1. The summed E-state index contributed by atoms with van der Waals surface area (Å²) >= 11 is 8.01. The first-order valence-electron chi connectivity index (χ1n) is 7.60. The molecule has 0 radical (unpaired) electrons. The number of thioether (sulfide) groups is 1. The van der Waals surface area contributed by atoms with E-state index in [1.54, 1.807) is 7.05 Å². The van der Waals surface area contributed by atoms with Gasteiger partial charge in [-0.15, -0.1) is 0 Å². The number of nitrogens with one attached hydrogen (secondary N) is 2. The molecule has 4 nitrogen and oxygen atoms in total. The highest BCUT2D eigenvalue weighted by Crippen LogP contribution is 2.28. The third-order valence-electron chi connectivity index (χ3n) is 3.77. The normalized spacial score (nSPS) is 21.7. The highest BCUT2D eigenvalue weighted by atomic mass is 35.5. The molecule has 0 heterocycles. The third-order valence-corrected chi connectivity index (χ3v) is 5.18. The Morgan fingerprint density at radius 1 is 1.41 bits per heavy atom. The largest absolute Gasteiger partial charge is 0.490 e. The van der Waals surface area contributed by atoms with Crippen LogP contribution in [0.3, 0.4) is 0 Å². The van der Waals surface area contributed by atoms with Crippen molar-refractivity contribution in [3.8, 4) is 5.75 Å². The van der Waals surface area contributed by atoms with Crippen molar-refractivity contribution in [3.05, 3.63) is 29.3 Å². The maximum Gasteiger partial charge on any atom is 0.191 e. The molecule has 0 aliphatic heterocycles. The summed E-state index contributed by atoms with van der Waals surface area (Å²) in [7, 11) is 1.80. The molecule has 1 saturated carbocycles. The zero-order chi connectivity index (χ0) is 15.8. The Kier molecular flexibility index (Phi) is 7.19. The summed E-state index contributed by atoms with van der Waals surface area (Å²) in [5.74, 6) is 1.56. The van der Waals surface area contributed by atoms with Gasteiger partial charge in [-0.2, -0.15) is 11.8 Å². The maximum atomic E-state index is 6.05. The highest BCUT2D eigenvalue weighted by molar-refractivity contribution is 7.99. The van der Waals surface area contributed by atoms with Crippen molar-refractivity contribution in [2.45, 2.75) is 30.6 Å². The number of hydrogen-bond acceptors (Lipinski definition) is 3. The zero-order valence-corrected chi connectivity index (χ0v) is 14.7. The van der Waals surface area contributed by atoms with Crippen LogP contribution in [0, 0.1) is 0 Å². The lowest BCUT2D eigenvalue weighted by molar-refractivity contribution is 0.322. The van der Waals surface area contributed by atoms with Crippen molar-refractivity contribution in [2.75, 3.05) is 26.5 Å². The van der Waals surface area contributed by atoms with Gasteiger partial charge in [0.1, 0.15) is 12.4 Å². The lowest BCUT2D eigenvalue weighted by Gasteiger charge is -2.17. The van der Waals surface area contributed by atoms with E-state index >= 15 is 0 Å². The fraction of sp³-hybridized carbons (Fsp3) is 0.562. The smallest absolute Gasteiger partial charge is 0.191 e. The van der Waals surface area contributed by atoms with Crippen LogP contribution in [0.15, 0.2) is 29.3 Å². The number of aliphatic imine (C=N–C) groups is 1. The molecule has 0 saturated heterocycles. The maximum absolute atomic E-state index is 6.05. The van der Waals surface area contributed by atoms with E-state index in [0.29, 0.717) is 30.0 Å². The van der Waals surface area contributed by atoms with Crippen LogP contribution >= 0.6 is 23.4 Å². The van der Waals surface area contributed by atoms with E-state index < -0.39 is 0 Å². The topological polar surface area (TPSA) is 45.7 Å². The number of rotatable bonds is 6. The third kappa shape index (κ3) is 5.29. The van der Waals surface area contributed by atoms with Crippen LogP contribution in [0.25, 0.3) is 0 Å². The number of para-hydroxylation sites is 1. The molecule has 0 bridgehead atoms. The van der Waals surface area contributed by atoms with Gasteiger partial charge in [0.15, 0.2) is 5.96 Å². The van der Waals surface area contributed by atoms with Crippen LogP contribution < -0.4 is 15.4 Å². The summed E-state index contributed by atoms with van der Waals surface area (Å²) in [6, 6.07) is 8.02. The van der Waals surface area contributed by atoms with E-state index in [9.17, 15) is 0 Å². The summed E-state index contributed by atoms with van der Waals surface area (Å²) in [6.45, 7) is 1.23. The molecule has 1 aromatic rings. The first-order valence-corrected chi connectivity index (χ1v) is 9.26. The van der Waals surface area contributed by atoms with Crippen LogP contribution in [0.1, 0.15) is 19.3 Å². The Morgan fingerprint density at radius 2 is 2.23 bits per heavy atom. The Bertz CT molecular complexity index is 498. The van der Waals surface area contributed by atoms with Crippen LogP contribution in [0.2, 0.25) is 5.02 Å². The van der Waals surface area contributed by atoms with Gasteiger partial charge in [-0.1, -0.05) is 23.7 Å². The first-order chi connectivity index (χ1) is 10.7. The van der Waals surface area contributed by atoms with Crippen molar-refractivity contribution < 1.29 is 4.74 Å². The first kappa shape index (κ1) is 17.3. The van der Waals surface area contributed by atoms with Crippen molar-refractivity contribution >= 4 is 29.3 Å². The zero-order valence-electron chi connectivity index (χ0n) is 13.1. The van der Waals surface area contributed by atoms with E-state index in [0.717, 1.165) is 11.2 Å². The Balaban J connectivity index is 1.68. The van der Waals surface area contributed by atoms with E-state index in [4.69, 9.17) is 16.3 Å². The molecule has 2 atom stereocenters.